The lowest BCUT2D eigenvalue weighted by atomic mass is 10.0. The molecule has 0 saturated carbocycles. The SMILES string of the molecule is Cc1cc(NCc2ccc(C(C)C)cc2)ncc1[N+](=O)[O-]. The number of aromatic nitrogens is 1. The van der Waals surface area contributed by atoms with Crippen LogP contribution in [0, 0.1) is 17.0 Å². The monoisotopic (exact) mass is 285 g/mol. The van der Waals surface area contributed by atoms with Crippen LogP contribution >= 0.6 is 0 Å². The Balaban J connectivity index is 2.03. The van der Waals surface area contributed by atoms with Crippen molar-refractivity contribution in [3.8, 4) is 0 Å². The summed E-state index contributed by atoms with van der Waals surface area (Å²) in [5, 5.41) is 13.9. The van der Waals surface area contributed by atoms with E-state index in [0.717, 1.165) is 5.56 Å². The maximum Gasteiger partial charge on any atom is 0.290 e. The Morgan fingerprint density at radius 3 is 2.48 bits per heavy atom. The first-order valence-electron chi connectivity index (χ1n) is 6.91. The van der Waals surface area contributed by atoms with Crippen LogP contribution in [0.3, 0.4) is 0 Å². The second-order valence-corrected chi connectivity index (χ2v) is 5.36. The highest BCUT2D eigenvalue weighted by Gasteiger charge is 2.11. The number of benzene rings is 1. The summed E-state index contributed by atoms with van der Waals surface area (Å²) in [6.07, 6.45) is 1.29. The number of nitro groups is 1. The number of anilines is 1. The molecule has 0 fully saturated rings. The van der Waals surface area contributed by atoms with Crippen LogP contribution in [0.25, 0.3) is 0 Å². The third-order valence-electron chi connectivity index (χ3n) is 3.40. The molecular formula is C16H19N3O2. The van der Waals surface area contributed by atoms with Gasteiger partial charge in [0.2, 0.25) is 0 Å². The van der Waals surface area contributed by atoms with Crippen molar-refractivity contribution in [3.63, 3.8) is 0 Å². The summed E-state index contributed by atoms with van der Waals surface area (Å²) in [6, 6.07) is 10.1. The first-order valence-corrected chi connectivity index (χ1v) is 6.91. The number of nitrogens with one attached hydrogen (secondary N) is 1. The van der Waals surface area contributed by atoms with E-state index >= 15 is 0 Å². The van der Waals surface area contributed by atoms with Gasteiger partial charge in [-0.1, -0.05) is 38.1 Å². The molecule has 0 unspecified atom stereocenters. The molecular weight excluding hydrogens is 266 g/mol. The molecule has 0 saturated heterocycles. The van der Waals surface area contributed by atoms with Crippen LogP contribution in [0.4, 0.5) is 11.5 Å². The van der Waals surface area contributed by atoms with Gasteiger partial charge in [0.05, 0.1) is 4.92 Å². The molecule has 0 aliphatic heterocycles. The molecule has 2 rings (SSSR count). The minimum absolute atomic E-state index is 0.0434. The highest BCUT2D eigenvalue weighted by atomic mass is 16.6. The lowest BCUT2D eigenvalue weighted by Crippen LogP contribution is -2.03. The summed E-state index contributed by atoms with van der Waals surface area (Å²) < 4.78 is 0. The first kappa shape index (κ1) is 15.0. The van der Waals surface area contributed by atoms with Crippen molar-refractivity contribution in [2.75, 3.05) is 5.32 Å². The molecule has 0 aliphatic carbocycles. The Hall–Kier alpha value is -2.43. The van der Waals surface area contributed by atoms with E-state index in [1.807, 2.05) is 0 Å². The minimum atomic E-state index is -0.420. The summed E-state index contributed by atoms with van der Waals surface area (Å²) in [7, 11) is 0. The predicted octanol–water partition coefficient (Wildman–Crippen LogP) is 4.03. The van der Waals surface area contributed by atoms with Gasteiger partial charge in [-0.15, -0.1) is 0 Å². The van der Waals surface area contributed by atoms with Gasteiger partial charge < -0.3 is 5.32 Å². The van der Waals surface area contributed by atoms with Gasteiger partial charge in [0.1, 0.15) is 12.0 Å². The molecule has 2 aromatic rings. The number of pyridine rings is 1. The van der Waals surface area contributed by atoms with Crippen LogP contribution in [0.1, 0.15) is 36.5 Å². The smallest absolute Gasteiger partial charge is 0.290 e. The zero-order valence-electron chi connectivity index (χ0n) is 12.5. The Bertz CT molecular complexity index is 636. The number of rotatable bonds is 5. The molecule has 1 heterocycles. The van der Waals surface area contributed by atoms with Gasteiger partial charge in [-0.25, -0.2) is 4.98 Å². The van der Waals surface area contributed by atoms with Gasteiger partial charge in [-0.2, -0.15) is 0 Å². The van der Waals surface area contributed by atoms with Crippen molar-refractivity contribution in [1.82, 2.24) is 4.98 Å². The van der Waals surface area contributed by atoms with E-state index in [-0.39, 0.29) is 5.69 Å². The lowest BCUT2D eigenvalue weighted by Gasteiger charge is -2.09. The molecule has 0 aliphatic rings. The van der Waals surface area contributed by atoms with Crippen molar-refractivity contribution in [1.29, 1.82) is 0 Å². The Labute approximate surface area is 124 Å². The molecule has 0 spiro atoms. The quantitative estimate of drug-likeness (QED) is 0.665. The summed E-state index contributed by atoms with van der Waals surface area (Å²) in [6.45, 7) is 6.68. The fraction of sp³-hybridized carbons (Fsp3) is 0.312. The van der Waals surface area contributed by atoms with Crippen molar-refractivity contribution >= 4 is 11.5 Å². The third-order valence-corrected chi connectivity index (χ3v) is 3.40. The van der Waals surface area contributed by atoms with Crippen LogP contribution in [0.5, 0.6) is 0 Å². The summed E-state index contributed by atoms with van der Waals surface area (Å²) in [4.78, 5) is 14.4. The number of nitrogens with zero attached hydrogens (tertiary/aromatic N) is 2. The van der Waals surface area contributed by atoms with Crippen LogP contribution < -0.4 is 5.32 Å². The van der Waals surface area contributed by atoms with Gasteiger partial charge in [0.25, 0.3) is 5.69 Å². The molecule has 0 atom stereocenters. The molecule has 5 heteroatoms. The molecule has 0 radical (unpaired) electrons. The van der Waals surface area contributed by atoms with Crippen LogP contribution in [-0.4, -0.2) is 9.91 Å². The predicted molar refractivity (Wildman–Crippen MR) is 83.5 cm³/mol. The number of hydrogen-bond donors (Lipinski definition) is 1. The highest BCUT2D eigenvalue weighted by Crippen LogP contribution is 2.19. The Morgan fingerprint density at radius 2 is 1.95 bits per heavy atom. The second-order valence-electron chi connectivity index (χ2n) is 5.36. The average Bonchev–Trinajstić information content (AvgIpc) is 2.45. The third kappa shape index (κ3) is 3.78. The van der Waals surface area contributed by atoms with Gasteiger partial charge in [-0.3, -0.25) is 10.1 Å². The first-order chi connectivity index (χ1) is 9.97. The number of aryl methyl sites for hydroxylation is 1. The van der Waals surface area contributed by atoms with Crippen molar-refractivity contribution < 1.29 is 4.92 Å². The molecule has 0 bridgehead atoms. The molecule has 5 nitrogen and oxygen atoms in total. The van der Waals surface area contributed by atoms with E-state index in [2.05, 4.69) is 48.4 Å². The lowest BCUT2D eigenvalue weighted by molar-refractivity contribution is -0.385. The highest BCUT2D eigenvalue weighted by molar-refractivity contribution is 5.47. The van der Waals surface area contributed by atoms with Gasteiger partial charge in [0.15, 0.2) is 0 Å². The Morgan fingerprint density at radius 1 is 1.29 bits per heavy atom. The van der Waals surface area contributed by atoms with E-state index in [9.17, 15) is 10.1 Å². The summed E-state index contributed by atoms with van der Waals surface area (Å²) >= 11 is 0. The average molecular weight is 285 g/mol. The van der Waals surface area contributed by atoms with Crippen molar-refractivity contribution in [2.45, 2.75) is 33.2 Å². The normalized spacial score (nSPS) is 10.7. The maximum atomic E-state index is 10.7. The van der Waals surface area contributed by atoms with Gasteiger partial charge >= 0.3 is 0 Å². The van der Waals surface area contributed by atoms with Crippen LogP contribution in [0.2, 0.25) is 0 Å². The zero-order chi connectivity index (χ0) is 15.4. The van der Waals surface area contributed by atoms with E-state index < -0.39 is 4.92 Å². The molecule has 0 amide bonds. The maximum absolute atomic E-state index is 10.7. The number of hydrogen-bond acceptors (Lipinski definition) is 4. The summed E-state index contributed by atoms with van der Waals surface area (Å²) in [5.74, 6) is 1.16. The molecule has 110 valence electrons. The van der Waals surface area contributed by atoms with Gasteiger partial charge in [-0.05, 0) is 30.0 Å². The molecule has 1 N–H and O–H groups in total. The van der Waals surface area contributed by atoms with Crippen LogP contribution in [-0.2, 0) is 6.54 Å². The second kappa shape index (κ2) is 6.35. The fourth-order valence-electron chi connectivity index (χ4n) is 2.05. The van der Waals surface area contributed by atoms with E-state index in [0.29, 0.717) is 23.8 Å². The van der Waals surface area contributed by atoms with E-state index in [1.165, 1.54) is 11.8 Å². The van der Waals surface area contributed by atoms with E-state index in [4.69, 9.17) is 0 Å². The molecule has 21 heavy (non-hydrogen) atoms. The van der Waals surface area contributed by atoms with Crippen molar-refractivity contribution in [2.24, 2.45) is 0 Å². The van der Waals surface area contributed by atoms with Gasteiger partial charge in [0, 0.05) is 12.1 Å². The Kier molecular flexibility index (Phi) is 4.52. The summed E-state index contributed by atoms with van der Waals surface area (Å²) in [5.41, 5.74) is 3.11. The standard InChI is InChI=1S/C16H19N3O2/c1-11(2)14-6-4-13(5-7-14)9-17-16-8-12(3)15(10-18-16)19(20)21/h4-8,10-11H,9H2,1-3H3,(H,17,18). The molecule has 1 aromatic heterocycles. The molecule has 1 aromatic carbocycles. The fourth-order valence-corrected chi connectivity index (χ4v) is 2.05. The zero-order valence-corrected chi connectivity index (χ0v) is 12.5. The van der Waals surface area contributed by atoms with Crippen LogP contribution in [0.15, 0.2) is 36.5 Å². The topological polar surface area (TPSA) is 68.1 Å². The minimum Gasteiger partial charge on any atom is -0.366 e. The van der Waals surface area contributed by atoms with E-state index in [1.54, 1.807) is 13.0 Å². The van der Waals surface area contributed by atoms with Crippen molar-refractivity contribution in [3.05, 3.63) is 63.3 Å². The largest absolute Gasteiger partial charge is 0.366 e.